The van der Waals surface area contributed by atoms with Gasteiger partial charge in [0.2, 0.25) is 20.0 Å². The minimum atomic E-state index is -3.63. The number of fused-ring (bicyclic) bond motifs is 6. The van der Waals surface area contributed by atoms with Gasteiger partial charge in [0.1, 0.15) is 57.6 Å². The summed E-state index contributed by atoms with van der Waals surface area (Å²) < 4.78 is 128. The minimum Gasteiger partial charge on any atom is -0.480 e. The molecule has 13 rings (SSSR count). The van der Waals surface area contributed by atoms with E-state index in [1.807, 2.05) is 56.8 Å². The Balaban J connectivity index is 0.000000143. The summed E-state index contributed by atoms with van der Waals surface area (Å²) in [5.41, 5.74) is 11.7. The molecule has 93 heavy (non-hydrogen) atoms. The molecule has 4 aliphatic rings. The molecule has 0 unspecified atom stereocenters. The number of nitrogens with zero attached hydrogens (tertiary/aromatic N) is 9. The van der Waals surface area contributed by atoms with E-state index in [1.54, 1.807) is 87.4 Å². The number of aliphatic imine (C=N–C) groups is 1. The average Bonchev–Trinajstić information content (AvgIpc) is 1.49. The standard InChI is InChI=1S/C23H24FN3O4S.C22H24FN3O4S.C21H20FN3O4S/c1-14-18(19-11-16(24)4-7-20(19)26(14)12-23(28)29)9-15-3-8-22-21(10-15)25(2)13-27(17-5-6-17)32(22,30)31;1-13-7-21-20(24(3)12-25(4)31(21,29)30)9-15(13)8-17-14(2)26(11-22(27)28)19-6-5-16(23)10-18(17)19;1-12-16(17-10-15(22)5-6-19(17)25(12)11-21(26)27)8-14-4-7-20-18(9-14)23-13(2)24(3)30(20,28)29/h3-4,7-8,10-11,17H,5-6,9,12-13H2,1-2H3,(H,28,29);5-7,9-10H,8,11-12H2,1-4H3,(H,27,28);4-7,9-10H,8,11H2,1-3H3,(H,26,27). The van der Waals surface area contributed by atoms with Crippen molar-refractivity contribution in [3.05, 3.63) is 177 Å². The largest absolute Gasteiger partial charge is 0.480 e. The highest BCUT2D eigenvalue weighted by atomic mass is 32.2. The molecule has 3 N–H and O–H groups in total. The molecule has 27 heteroatoms. The Kier molecular flexibility index (Phi) is 17.2. The number of halogens is 3. The highest BCUT2D eigenvalue weighted by molar-refractivity contribution is 7.90. The summed E-state index contributed by atoms with van der Waals surface area (Å²) in [5.74, 6) is -3.75. The Morgan fingerprint density at radius 3 is 1.39 bits per heavy atom. The SMILES string of the molecule is CC1=Nc2cc(Cc3c(C)n(CC(=O)O)c4ccc(F)cc34)ccc2S(=O)(=O)N1C.Cc1c(Cc2ccc3c(c2)N(C)CN(C2CC2)S3(=O)=O)c2cc(F)ccc2n1CC(=O)O.Cc1cc2c(cc1Cc1c(C)n(CC(=O)O)c3ccc(F)cc13)N(C)CN(C)S2(=O)=O. The van der Waals surface area contributed by atoms with Gasteiger partial charge in [0.25, 0.3) is 10.0 Å². The van der Waals surface area contributed by atoms with Gasteiger partial charge < -0.3 is 38.8 Å². The first-order valence-electron chi connectivity index (χ1n) is 29.6. The third-order valence-electron chi connectivity index (χ3n) is 17.9. The molecule has 0 spiro atoms. The van der Waals surface area contributed by atoms with Gasteiger partial charge in [-0.05, 0) is 190 Å². The van der Waals surface area contributed by atoms with E-state index in [0.717, 1.165) is 73.2 Å². The molecule has 1 fully saturated rings. The molecule has 6 heterocycles. The summed E-state index contributed by atoms with van der Waals surface area (Å²) in [7, 11) is -3.99. The van der Waals surface area contributed by atoms with Crippen LogP contribution in [-0.4, -0.2) is 139 Å². The van der Waals surface area contributed by atoms with Crippen LogP contribution in [0.25, 0.3) is 32.7 Å². The van der Waals surface area contributed by atoms with Crippen LogP contribution in [0.1, 0.15) is 75.8 Å². The first-order valence-corrected chi connectivity index (χ1v) is 33.9. The number of benzene rings is 6. The molecule has 0 amide bonds. The number of aromatic nitrogens is 3. The van der Waals surface area contributed by atoms with Gasteiger partial charge in [0.15, 0.2) is 0 Å². The fourth-order valence-electron chi connectivity index (χ4n) is 12.8. The number of aliphatic carboxylic acids is 3. The van der Waals surface area contributed by atoms with E-state index >= 15 is 0 Å². The number of aryl methyl sites for hydroxylation is 1. The zero-order valence-electron chi connectivity index (χ0n) is 52.4. The van der Waals surface area contributed by atoms with E-state index in [-0.39, 0.29) is 48.0 Å². The molecule has 488 valence electrons. The van der Waals surface area contributed by atoms with Crippen molar-refractivity contribution >= 4 is 104 Å². The second-order valence-electron chi connectivity index (χ2n) is 24.0. The third kappa shape index (κ3) is 12.2. The maximum Gasteiger partial charge on any atom is 0.323 e. The fraction of sp³-hybridized carbons (Fsp3) is 0.303. The first-order chi connectivity index (χ1) is 43.8. The Morgan fingerprint density at radius 2 is 0.925 bits per heavy atom. The van der Waals surface area contributed by atoms with Crippen molar-refractivity contribution in [3.8, 4) is 0 Å². The zero-order valence-corrected chi connectivity index (χ0v) is 54.8. The van der Waals surface area contributed by atoms with Crippen LogP contribution >= 0.6 is 0 Å². The van der Waals surface area contributed by atoms with Crippen LogP contribution in [0.5, 0.6) is 0 Å². The van der Waals surface area contributed by atoms with Gasteiger partial charge in [0, 0.05) is 90.4 Å². The molecular formula is C66H68F3N9O12S3. The lowest BCUT2D eigenvalue weighted by Crippen LogP contribution is -2.45. The van der Waals surface area contributed by atoms with Crippen LogP contribution in [-0.2, 0) is 83.4 Å². The second-order valence-corrected chi connectivity index (χ2v) is 29.8. The van der Waals surface area contributed by atoms with Gasteiger partial charge in [0.05, 0.1) is 30.4 Å². The van der Waals surface area contributed by atoms with Gasteiger partial charge in [-0.15, -0.1) is 0 Å². The lowest BCUT2D eigenvalue weighted by atomic mass is 9.97. The molecule has 3 aromatic heterocycles. The van der Waals surface area contributed by atoms with Crippen molar-refractivity contribution in [3.63, 3.8) is 0 Å². The van der Waals surface area contributed by atoms with Crippen molar-refractivity contribution < 1.29 is 68.1 Å². The summed E-state index contributed by atoms with van der Waals surface area (Å²) in [6, 6.07) is 26.9. The second kappa shape index (κ2) is 24.5. The smallest absolute Gasteiger partial charge is 0.323 e. The van der Waals surface area contributed by atoms with E-state index in [4.69, 9.17) is 0 Å². The van der Waals surface area contributed by atoms with E-state index in [2.05, 4.69) is 4.99 Å². The Hall–Kier alpha value is -9.02. The van der Waals surface area contributed by atoms with E-state index < -0.39 is 59.6 Å². The molecule has 0 saturated heterocycles. The molecule has 6 aromatic carbocycles. The normalized spacial score (nSPS) is 16.5. The van der Waals surface area contributed by atoms with Gasteiger partial charge >= 0.3 is 17.9 Å². The van der Waals surface area contributed by atoms with E-state index in [0.29, 0.717) is 86.4 Å². The van der Waals surface area contributed by atoms with Crippen LogP contribution in [0.2, 0.25) is 0 Å². The number of amidine groups is 1. The van der Waals surface area contributed by atoms with Gasteiger partial charge in [-0.3, -0.25) is 18.7 Å². The topological polar surface area (TPSA) is 258 Å². The number of rotatable bonds is 13. The Morgan fingerprint density at radius 1 is 0.495 bits per heavy atom. The van der Waals surface area contributed by atoms with Crippen LogP contribution in [0.15, 0.2) is 123 Å². The number of carboxylic acids is 3. The highest BCUT2D eigenvalue weighted by Gasteiger charge is 2.43. The number of sulfonamides is 3. The monoisotopic (exact) mass is 1330 g/mol. The molecule has 9 aromatic rings. The van der Waals surface area contributed by atoms with Crippen molar-refractivity contribution in [1.29, 1.82) is 0 Å². The molecule has 1 saturated carbocycles. The predicted molar refractivity (Wildman–Crippen MR) is 347 cm³/mol. The molecule has 3 aliphatic heterocycles. The van der Waals surface area contributed by atoms with Gasteiger partial charge in [-0.25, -0.2) is 43.4 Å². The predicted octanol–water partition coefficient (Wildman–Crippen LogP) is 9.87. The number of anilines is 2. The maximum atomic E-state index is 14.0. The fourth-order valence-corrected chi connectivity index (χ4v) is 17.4. The number of carbonyl (C=O) groups is 3. The number of carboxylic acid groups (broad SMARTS) is 3. The van der Waals surface area contributed by atoms with Crippen LogP contribution in [0.3, 0.4) is 0 Å². The maximum absolute atomic E-state index is 14.0. The van der Waals surface area contributed by atoms with E-state index in [9.17, 15) is 68.1 Å². The number of hydrogen-bond donors (Lipinski definition) is 3. The molecular weight excluding hydrogens is 1260 g/mol. The van der Waals surface area contributed by atoms with Crippen LogP contribution < -0.4 is 9.80 Å². The van der Waals surface area contributed by atoms with Crippen molar-refractivity contribution in [1.82, 2.24) is 26.6 Å². The van der Waals surface area contributed by atoms with Crippen molar-refractivity contribution in [2.24, 2.45) is 4.99 Å². The number of hydrogen-bond acceptors (Lipinski definition) is 12. The highest BCUT2D eigenvalue weighted by Crippen LogP contribution is 2.42. The van der Waals surface area contributed by atoms with Crippen LogP contribution in [0, 0.1) is 45.1 Å². The minimum absolute atomic E-state index is 0.0909. The summed E-state index contributed by atoms with van der Waals surface area (Å²) >= 11 is 0. The summed E-state index contributed by atoms with van der Waals surface area (Å²) in [6.07, 6.45) is 3.05. The molecule has 0 atom stereocenters. The quantitative estimate of drug-likeness (QED) is 0.0971. The van der Waals surface area contributed by atoms with Crippen molar-refractivity contribution in [2.75, 3.05) is 51.3 Å². The lowest BCUT2D eigenvalue weighted by Gasteiger charge is -2.35. The lowest BCUT2D eigenvalue weighted by molar-refractivity contribution is -0.138. The van der Waals surface area contributed by atoms with Gasteiger partial charge in [-0.2, -0.15) is 8.61 Å². The third-order valence-corrected chi connectivity index (χ3v) is 23.5. The molecule has 0 radical (unpaired) electrons. The summed E-state index contributed by atoms with van der Waals surface area (Å²) in [6.45, 7) is 8.86. The average molecular weight is 1330 g/mol. The molecule has 1 aliphatic carbocycles. The van der Waals surface area contributed by atoms with Crippen molar-refractivity contribution in [2.45, 2.75) is 107 Å². The molecule has 0 bridgehead atoms. The van der Waals surface area contributed by atoms with Gasteiger partial charge in [-0.1, -0.05) is 12.1 Å². The van der Waals surface area contributed by atoms with Crippen LogP contribution in [0.4, 0.5) is 30.2 Å². The Labute approximate surface area is 535 Å². The first kappa shape index (κ1) is 65.5. The molecule has 21 nitrogen and oxygen atoms in total. The van der Waals surface area contributed by atoms with E-state index in [1.165, 1.54) is 53.8 Å². The Bertz CT molecular complexity index is 5020. The zero-order chi connectivity index (χ0) is 67.2. The summed E-state index contributed by atoms with van der Waals surface area (Å²) in [5, 5.41) is 29.9. The summed E-state index contributed by atoms with van der Waals surface area (Å²) in [4.78, 5) is 43.0.